The van der Waals surface area contributed by atoms with E-state index in [4.69, 9.17) is 10.5 Å². The van der Waals surface area contributed by atoms with Gasteiger partial charge in [-0.05, 0) is 25.2 Å². The van der Waals surface area contributed by atoms with E-state index in [0.717, 1.165) is 0 Å². The maximum atomic E-state index is 12.8. The predicted octanol–water partition coefficient (Wildman–Crippen LogP) is 2.13. The van der Waals surface area contributed by atoms with Crippen molar-refractivity contribution in [1.29, 1.82) is 0 Å². The number of halogens is 3. The molecule has 0 bridgehead atoms. The SMILES string of the molecule is CCOC(=O)C1(CN)CC2(CC(F)(F)C2)C1.Cl. The number of esters is 1. The van der Waals surface area contributed by atoms with E-state index in [2.05, 4.69) is 0 Å². The molecule has 0 heterocycles. The molecule has 2 rings (SSSR count). The number of rotatable bonds is 3. The van der Waals surface area contributed by atoms with Gasteiger partial charge in [-0.1, -0.05) is 0 Å². The zero-order valence-corrected chi connectivity index (χ0v) is 10.6. The smallest absolute Gasteiger partial charge is 0.313 e. The van der Waals surface area contributed by atoms with Crippen molar-refractivity contribution in [3.05, 3.63) is 0 Å². The van der Waals surface area contributed by atoms with Crippen LogP contribution >= 0.6 is 12.4 Å². The van der Waals surface area contributed by atoms with Crippen LogP contribution in [0.15, 0.2) is 0 Å². The van der Waals surface area contributed by atoms with Crippen molar-refractivity contribution in [2.24, 2.45) is 16.6 Å². The summed E-state index contributed by atoms with van der Waals surface area (Å²) in [4.78, 5) is 11.7. The molecule has 100 valence electrons. The molecule has 0 aromatic rings. The molecule has 3 nitrogen and oxygen atoms in total. The molecular weight excluding hydrogens is 252 g/mol. The molecule has 17 heavy (non-hydrogen) atoms. The van der Waals surface area contributed by atoms with Crippen LogP contribution in [-0.4, -0.2) is 25.0 Å². The number of ether oxygens (including phenoxy) is 1. The summed E-state index contributed by atoms with van der Waals surface area (Å²) < 4.78 is 30.6. The maximum Gasteiger partial charge on any atom is 0.313 e. The average Bonchev–Trinajstić information content (AvgIpc) is 2.09. The molecule has 0 radical (unpaired) electrons. The molecular formula is C11H18ClF2NO2. The Kier molecular flexibility index (Phi) is 3.75. The largest absolute Gasteiger partial charge is 0.466 e. The second-order valence-corrected chi connectivity index (χ2v) is 5.27. The van der Waals surface area contributed by atoms with Gasteiger partial charge < -0.3 is 10.5 Å². The Morgan fingerprint density at radius 3 is 2.18 bits per heavy atom. The Balaban J connectivity index is 0.00000144. The molecule has 0 unspecified atom stereocenters. The third kappa shape index (κ3) is 2.27. The fourth-order valence-corrected chi connectivity index (χ4v) is 3.34. The molecule has 0 saturated heterocycles. The van der Waals surface area contributed by atoms with E-state index >= 15 is 0 Å². The lowest BCUT2D eigenvalue weighted by atomic mass is 9.44. The standard InChI is InChI=1S/C11H17F2NO2.ClH/c1-2-16-8(15)10(7-14)3-9(4-10)5-11(12,13)6-9;/h2-7,14H2,1H3;1H. The van der Waals surface area contributed by atoms with Crippen LogP contribution in [0.25, 0.3) is 0 Å². The van der Waals surface area contributed by atoms with Gasteiger partial charge in [0, 0.05) is 19.4 Å². The molecule has 0 aromatic heterocycles. The van der Waals surface area contributed by atoms with Crippen LogP contribution in [0.3, 0.4) is 0 Å². The first-order chi connectivity index (χ1) is 7.37. The highest BCUT2D eigenvalue weighted by Crippen LogP contribution is 2.68. The monoisotopic (exact) mass is 269 g/mol. The van der Waals surface area contributed by atoms with Crippen LogP contribution in [0.4, 0.5) is 8.78 Å². The molecule has 2 N–H and O–H groups in total. The highest BCUT2D eigenvalue weighted by molar-refractivity contribution is 5.85. The summed E-state index contributed by atoms with van der Waals surface area (Å²) in [5.41, 5.74) is 4.55. The molecule has 0 amide bonds. The zero-order chi connectivity index (χ0) is 12.0. The summed E-state index contributed by atoms with van der Waals surface area (Å²) in [6.07, 6.45) is 0.734. The Morgan fingerprint density at radius 1 is 1.29 bits per heavy atom. The predicted molar refractivity (Wildman–Crippen MR) is 61.2 cm³/mol. The number of alkyl halides is 2. The fraction of sp³-hybridized carbons (Fsp3) is 0.909. The Labute approximate surface area is 105 Å². The van der Waals surface area contributed by atoms with Gasteiger partial charge in [0.15, 0.2) is 0 Å². The lowest BCUT2D eigenvalue weighted by Gasteiger charge is -2.61. The maximum absolute atomic E-state index is 12.8. The number of hydrogen-bond acceptors (Lipinski definition) is 3. The second-order valence-electron chi connectivity index (χ2n) is 5.27. The van der Waals surface area contributed by atoms with Crippen molar-refractivity contribution < 1.29 is 18.3 Å². The second kappa shape index (κ2) is 4.35. The van der Waals surface area contributed by atoms with E-state index in [-0.39, 0.29) is 43.2 Å². The van der Waals surface area contributed by atoms with Gasteiger partial charge in [0.25, 0.3) is 0 Å². The summed E-state index contributed by atoms with van der Waals surface area (Å²) in [5.74, 6) is -2.85. The van der Waals surface area contributed by atoms with Crippen molar-refractivity contribution >= 4 is 18.4 Å². The summed E-state index contributed by atoms with van der Waals surface area (Å²) >= 11 is 0. The van der Waals surface area contributed by atoms with E-state index in [9.17, 15) is 13.6 Å². The van der Waals surface area contributed by atoms with Gasteiger partial charge in [-0.15, -0.1) is 12.4 Å². The van der Waals surface area contributed by atoms with Crippen LogP contribution in [-0.2, 0) is 9.53 Å². The van der Waals surface area contributed by atoms with E-state index in [1.807, 2.05) is 0 Å². The lowest BCUT2D eigenvalue weighted by Crippen LogP contribution is -2.63. The highest BCUT2D eigenvalue weighted by atomic mass is 35.5. The molecule has 2 aliphatic carbocycles. The fourth-order valence-electron chi connectivity index (χ4n) is 3.34. The van der Waals surface area contributed by atoms with Gasteiger partial charge in [0.2, 0.25) is 5.92 Å². The molecule has 2 fully saturated rings. The summed E-state index contributed by atoms with van der Waals surface area (Å²) in [7, 11) is 0. The third-order valence-corrected chi connectivity index (χ3v) is 3.79. The van der Waals surface area contributed by atoms with Gasteiger partial charge in [0.1, 0.15) is 0 Å². The summed E-state index contributed by atoms with van der Waals surface area (Å²) in [6, 6.07) is 0. The number of carbonyl (C=O) groups excluding carboxylic acids is 1. The molecule has 0 atom stereocenters. The van der Waals surface area contributed by atoms with Crippen molar-refractivity contribution in [3.8, 4) is 0 Å². The van der Waals surface area contributed by atoms with Crippen molar-refractivity contribution in [2.45, 2.75) is 38.5 Å². The van der Waals surface area contributed by atoms with E-state index in [1.165, 1.54) is 0 Å². The molecule has 1 spiro atoms. The first kappa shape index (κ1) is 14.6. The molecule has 0 aliphatic heterocycles. The van der Waals surface area contributed by atoms with Crippen LogP contribution in [0.2, 0.25) is 0 Å². The Hall–Kier alpha value is -0.420. The average molecular weight is 270 g/mol. The summed E-state index contributed by atoms with van der Waals surface area (Å²) in [6.45, 7) is 2.23. The Bertz CT molecular complexity index is 307. The zero-order valence-electron chi connectivity index (χ0n) is 9.80. The van der Waals surface area contributed by atoms with Gasteiger partial charge in [-0.3, -0.25) is 4.79 Å². The van der Waals surface area contributed by atoms with Gasteiger partial charge >= 0.3 is 5.97 Å². The first-order valence-corrected chi connectivity index (χ1v) is 5.62. The Morgan fingerprint density at radius 2 is 1.82 bits per heavy atom. The quantitative estimate of drug-likeness (QED) is 0.799. The van der Waals surface area contributed by atoms with E-state index in [1.54, 1.807) is 6.92 Å². The summed E-state index contributed by atoms with van der Waals surface area (Å²) in [5, 5.41) is 0. The molecule has 2 aliphatic rings. The van der Waals surface area contributed by atoms with E-state index in [0.29, 0.717) is 19.4 Å². The minimum absolute atomic E-state index is 0. The minimum Gasteiger partial charge on any atom is -0.466 e. The van der Waals surface area contributed by atoms with Crippen LogP contribution in [0.1, 0.15) is 32.6 Å². The number of hydrogen-bond donors (Lipinski definition) is 1. The van der Waals surface area contributed by atoms with Gasteiger partial charge in [-0.25, -0.2) is 8.78 Å². The topological polar surface area (TPSA) is 52.3 Å². The van der Waals surface area contributed by atoms with Crippen molar-refractivity contribution in [2.75, 3.05) is 13.2 Å². The minimum atomic E-state index is -2.53. The van der Waals surface area contributed by atoms with Crippen LogP contribution < -0.4 is 5.73 Å². The normalized spacial score (nSPS) is 26.4. The number of nitrogens with two attached hydrogens (primary N) is 1. The third-order valence-electron chi connectivity index (χ3n) is 3.79. The highest BCUT2D eigenvalue weighted by Gasteiger charge is 2.68. The molecule has 0 aromatic carbocycles. The molecule has 6 heteroatoms. The number of carbonyl (C=O) groups is 1. The van der Waals surface area contributed by atoms with Crippen LogP contribution in [0.5, 0.6) is 0 Å². The molecule has 2 saturated carbocycles. The van der Waals surface area contributed by atoms with Gasteiger partial charge in [-0.2, -0.15) is 0 Å². The van der Waals surface area contributed by atoms with Crippen LogP contribution in [0, 0.1) is 10.8 Å². The van der Waals surface area contributed by atoms with Gasteiger partial charge in [0.05, 0.1) is 12.0 Å². The van der Waals surface area contributed by atoms with Crippen molar-refractivity contribution in [3.63, 3.8) is 0 Å². The van der Waals surface area contributed by atoms with Crippen molar-refractivity contribution in [1.82, 2.24) is 0 Å². The van der Waals surface area contributed by atoms with E-state index < -0.39 is 11.3 Å². The first-order valence-electron chi connectivity index (χ1n) is 5.62. The lowest BCUT2D eigenvalue weighted by molar-refractivity contribution is -0.235.